The normalized spacial score (nSPS) is 15.8. The van der Waals surface area contributed by atoms with Gasteiger partial charge in [-0.15, -0.1) is 0 Å². The van der Waals surface area contributed by atoms with Crippen LogP contribution in [0.2, 0.25) is 0 Å². The van der Waals surface area contributed by atoms with Crippen molar-refractivity contribution in [2.24, 2.45) is 0 Å². The van der Waals surface area contributed by atoms with Gasteiger partial charge in [0.2, 0.25) is 0 Å². The van der Waals surface area contributed by atoms with Gasteiger partial charge in [-0.25, -0.2) is 0 Å². The highest BCUT2D eigenvalue weighted by Crippen LogP contribution is 2.39. The molecule has 1 saturated carbocycles. The first-order valence-electron chi connectivity index (χ1n) is 7.69. The van der Waals surface area contributed by atoms with Crippen molar-refractivity contribution < 1.29 is 9.90 Å². The number of rotatable bonds is 3. The maximum absolute atomic E-state index is 12.8. The second-order valence-electron chi connectivity index (χ2n) is 5.77. The molecule has 0 aromatic heterocycles. The Labute approximate surface area is 125 Å². The molecule has 2 aromatic rings. The minimum absolute atomic E-state index is 0.00655. The van der Waals surface area contributed by atoms with E-state index in [1.807, 2.05) is 36.4 Å². The summed E-state index contributed by atoms with van der Waals surface area (Å²) in [4.78, 5) is 12.8. The second kappa shape index (κ2) is 6.13. The molecule has 2 heteroatoms. The number of ketones is 1. The lowest BCUT2D eigenvalue weighted by molar-refractivity contribution is 0.103. The molecule has 0 bridgehead atoms. The van der Waals surface area contributed by atoms with Gasteiger partial charge in [-0.3, -0.25) is 4.79 Å². The molecule has 0 radical (unpaired) electrons. The fraction of sp³-hybridized carbons (Fsp3) is 0.316. The molecule has 2 aromatic carbocycles. The Hall–Kier alpha value is -2.09. The predicted molar refractivity (Wildman–Crippen MR) is 83.8 cm³/mol. The van der Waals surface area contributed by atoms with E-state index in [-0.39, 0.29) is 11.5 Å². The van der Waals surface area contributed by atoms with Gasteiger partial charge in [-0.2, -0.15) is 0 Å². The summed E-state index contributed by atoms with van der Waals surface area (Å²) in [6, 6.07) is 14.6. The summed E-state index contributed by atoms with van der Waals surface area (Å²) < 4.78 is 0. The fourth-order valence-electron chi connectivity index (χ4n) is 3.32. The van der Waals surface area contributed by atoms with Crippen LogP contribution in [0.5, 0.6) is 5.75 Å². The molecule has 0 atom stereocenters. The van der Waals surface area contributed by atoms with Gasteiger partial charge in [0.25, 0.3) is 0 Å². The minimum Gasteiger partial charge on any atom is -0.508 e. The van der Waals surface area contributed by atoms with Gasteiger partial charge in [-0.05, 0) is 24.8 Å². The van der Waals surface area contributed by atoms with E-state index in [0.29, 0.717) is 17.0 Å². The third-order valence-electron chi connectivity index (χ3n) is 4.38. The van der Waals surface area contributed by atoms with E-state index in [1.54, 1.807) is 12.1 Å². The number of carbonyl (C=O) groups excluding carboxylic acids is 1. The van der Waals surface area contributed by atoms with Crippen molar-refractivity contribution in [2.45, 2.75) is 38.0 Å². The zero-order chi connectivity index (χ0) is 14.7. The van der Waals surface area contributed by atoms with Crippen LogP contribution in [0.3, 0.4) is 0 Å². The molecule has 1 fully saturated rings. The van der Waals surface area contributed by atoms with Crippen molar-refractivity contribution in [1.29, 1.82) is 0 Å². The smallest absolute Gasteiger partial charge is 0.193 e. The first-order valence-corrected chi connectivity index (χ1v) is 7.69. The van der Waals surface area contributed by atoms with Crippen molar-refractivity contribution in [3.63, 3.8) is 0 Å². The van der Waals surface area contributed by atoms with Crippen molar-refractivity contribution in [2.75, 3.05) is 0 Å². The zero-order valence-electron chi connectivity index (χ0n) is 12.1. The van der Waals surface area contributed by atoms with Crippen LogP contribution in [0.25, 0.3) is 0 Å². The number of aromatic hydroxyl groups is 1. The Morgan fingerprint density at radius 3 is 2.33 bits per heavy atom. The third kappa shape index (κ3) is 2.85. The molecule has 0 spiro atoms. The number of hydrogen-bond acceptors (Lipinski definition) is 2. The largest absolute Gasteiger partial charge is 0.508 e. The fourth-order valence-corrected chi connectivity index (χ4v) is 3.32. The van der Waals surface area contributed by atoms with Gasteiger partial charge < -0.3 is 5.11 Å². The van der Waals surface area contributed by atoms with Crippen LogP contribution >= 0.6 is 0 Å². The summed E-state index contributed by atoms with van der Waals surface area (Å²) in [6.07, 6.45) is 5.74. The molecule has 0 unspecified atom stereocenters. The number of phenolic OH excluding ortho intramolecular Hbond substituents is 1. The molecule has 3 rings (SSSR count). The number of phenols is 1. The third-order valence-corrected chi connectivity index (χ3v) is 4.38. The van der Waals surface area contributed by atoms with E-state index in [0.717, 1.165) is 18.4 Å². The van der Waals surface area contributed by atoms with Gasteiger partial charge in [0, 0.05) is 16.7 Å². The topological polar surface area (TPSA) is 37.3 Å². The average Bonchev–Trinajstić information content (AvgIpc) is 2.55. The van der Waals surface area contributed by atoms with Crippen molar-refractivity contribution >= 4 is 5.78 Å². The van der Waals surface area contributed by atoms with Gasteiger partial charge in [-0.1, -0.05) is 61.7 Å². The lowest BCUT2D eigenvalue weighted by atomic mass is 9.80. The Balaban J connectivity index is 2.02. The molecule has 21 heavy (non-hydrogen) atoms. The van der Waals surface area contributed by atoms with Crippen LogP contribution in [0.15, 0.2) is 48.5 Å². The van der Waals surface area contributed by atoms with E-state index in [2.05, 4.69) is 0 Å². The summed E-state index contributed by atoms with van der Waals surface area (Å²) >= 11 is 0. The molecule has 0 aliphatic heterocycles. The highest BCUT2D eigenvalue weighted by atomic mass is 16.3. The quantitative estimate of drug-likeness (QED) is 0.829. The van der Waals surface area contributed by atoms with E-state index in [9.17, 15) is 9.90 Å². The molecule has 0 saturated heterocycles. The summed E-state index contributed by atoms with van der Waals surface area (Å²) in [5, 5.41) is 10.3. The van der Waals surface area contributed by atoms with Crippen LogP contribution in [-0.4, -0.2) is 10.9 Å². The zero-order valence-corrected chi connectivity index (χ0v) is 12.1. The predicted octanol–water partition coefficient (Wildman–Crippen LogP) is 4.67. The number of carbonyl (C=O) groups is 1. The summed E-state index contributed by atoms with van der Waals surface area (Å²) in [6.45, 7) is 0. The Bertz CT molecular complexity index is 625. The maximum atomic E-state index is 12.8. The standard InChI is InChI=1S/C19H20O2/c20-17-13-7-12-16(18(17)14-8-3-1-4-9-14)19(21)15-10-5-2-6-11-15/h2,5-7,10-14,20H,1,3-4,8-9H2. The van der Waals surface area contributed by atoms with Crippen LogP contribution < -0.4 is 0 Å². The summed E-state index contributed by atoms with van der Waals surface area (Å²) in [5.74, 6) is 0.582. The lowest BCUT2D eigenvalue weighted by Gasteiger charge is -2.24. The molecular weight excluding hydrogens is 260 g/mol. The highest BCUT2D eigenvalue weighted by molar-refractivity contribution is 6.10. The number of benzene rings is 2. The van der Waals surface area contributed by atoms with Crippen molar-refractivity contribution in [3.8, 4) is 5.75 Å². The van der Waals surface area contributed by atoms with E-state index < -0.39 is 0 Å². The SMILES string of the molecule is O=C(c1ccccc1)c1cccc(O)c1C1CCCCC1. The molecule has 2 nitrogen and oxygen atoms in total. The Morgan fingerprint density at radius 1 is 0.905 bits per heavy atom. The molecule has 1 N–H and O–H groups in total. The molecular formula is C19H20O2. The highest BCUT2D eigenvalue weighted by Gasteiger charge is 2.24. The van der Waals surface area contributed by atoms with Gasteiger partial charge in [0.15, 0.2) is 5.78 Å². The average molecular weight is 280 g/mol. The minimum atomic E-state index is 0.00655. The molecule has 1 aliphatic rings. The summed E-state index contributed by atoms with van der Waals surface area (Å²) in [5.41, 5.74) is 2.19. The first kappa shape index (κ1) is 13.9. The summed E-state index contributed by atoms with van der Waals surface area (Å²) in [7, 11) is 0. The maximum Gasteiger partial charge on any atom is 0.193 e. The monoisotopic (exact) mass is 280 g/mol. The van der Waals surface area contributed by atoms with E-state index >= 15 is 0 Å². The van der Waals surface area contributed by atoms with E-state index in [4.69, 9.17) is 0 Å². The second-order valence-corrected chi connectivity index (χ2v) is 5.77. The van der Waals surface area contributed by atoms with E-state index in [1.165, 1.54) is 19.3 Å². The van der Waals surface area contributed by atoms with Gasteiger partial charge in [0.1, 0.15) is 5.75 Å². The van der Waals surface area contributed by atoms with Crippen LogP contribution in [0.4, 0.5) is 0 Å². The van der Waals surface area contributed by atoms with Crippen LogP contribution in [-0.2, 0) is 0 Å². The lowest BCUT2D eigenvalue weighted by Crippen LogP contribution is -2.12. The number of hydrogen-bond donors (Lipinski definition) is 1. The molecule has 0 heterocycles. The van der Waals surface area contributed by atoms with Gasteiger partial charge in [0.05, 0.1) is 0 Å². The van der Waals surface area contributed by atoms with Crippen LogP contribution in [0.1, 0.15) is 59.5 Å². The van der Waals surface area contributed by atoms with Crippen molar-refractivity contribution in [3.05, 3.63) is 65.2 Å². The van der Waals surface area contributed by atoms with Crippen LogP contribution in [0, 0.1) is 0 Å². The Morgan fingerprint density at radius 2 is 1.62 bits per heavy atom. The molecule has 0 amide bonds. The molecule has 1 aliphatic carbocycles. The van der Waals surface area contributed by atoms with Gasteiger partial charge >= 0.3 is 0 Å². The Kier molecular flexibility index (Phi) is 4.05. The van der Waals surface area contributed by atoms with Crippen molar-refractivity contribution in [1.82, 2.24) is 0 Å². The molecule has 108 valence electrons. The first-order chi connectivity index (χ1) is 10.3.